The fraction of sp³-hybridized carbons (Fsp3) is 0.303. The van der Waals surface area contributed by atoms with Gasteiger partial charge in [0.15, 0.2) is 11.5 Å². The maximum Gasteiger partial charge on any atom is 0.232 e. The fourth-order valence-corrected chi connectivity index (χ4v) is 5.05. The van der Waals surface area contributed by atoms with Crippen LogP contribution in [-0.2, 0) is 17.8 Å². The predicted molar refractivity (Wildman–Crippen MR) is 159 cm³/mol. The number of hydrogen-bond donors (Lipinski definition) is 1. The Bertz CT molecular complexity index is 1540. The van der Waals surface area contributed by atoms with E-state index in [1.807, 2.05) is 73.5 Å². The molecule has 1 unspecified atom stereocenters. The number of methoxy groups -OCH3 is 1. The Hall–Kier alpha value is -4.77. The lowest BCUT2D eigenvalue weighted by Gasteiger charge is -2.38. The molecule has 41 heavy (non-hydrogen) atoms. The van der Waals surface area contributed by atoms with Gasteiger partial charge in [0.25, 0.3) is 0 Å². The molecule has 0 saturated heterocycles. The molecule has 0 spiro atoms. The summed E-state index contributed by atoms with van der Waals surface area (Å²) in [5.74, 6) is 7.80. The van der Waals surface area contributed by atoms with E-state index < -0.39 is 6.04 Å². The van der Waals surface area contributed by atoms with Crippen LogP contribution >= 0.6 is 0 Å². The zero-order valence-corrected chi connectivity index (χ0v) is 23.9. The molecule has 8 nitrogen and oxygen atoms in total. The largest absolute Gasteiger partial charge is 0.493 e. The summed E-state index contributed by atoms with van der Waals surface area (Å²) in [4.78, 5) is 26.1. The third-order valence-corrected chi connectivity index (χ3v) is 7.46. The van der Waals surface area contributed by atoms with Crippen LogP contribution in [-0.4, -0.2) is 45.9 Å². The van der Waals surface area contributed by atoms with Gasteiger partial charge in [0, 0.05) is 31.0 Å². The summed E-state index contributed by atoms with van der Waals surface area (Å²) in [7, 11) is 3.64. The third-order valence-electron chi connectivity index (χ3n) is 7.46. The second kappa shape index (κ2) is 12.2. The number of anilines is 1. The number of rotatable bonds is 9. The number of benzene rings is 2. The first-order chi connectivity index (χ1) is 19.9. The van der Waals surface area contributed by atoms with Crippen molar-refractivity contribution in [3.63, 3.8) is 0 Å². The smallest absolute Gasteiger partial charge is 0.232 e. The summed E-state index contributed by atoms with van der Waals surface area (Å²) in [5, 5.41) is 0. The molecule has 1 amide bonds. The first-order valence-electron chi connectivity index (χ1n) is 13.8. The Morgan fingerprint density at radius 2 is 1.98 bits per heavy atom. The van der Waals surface area contributed by atoms with Gasteiger partial charge in [-0.1, -0.05) is 25.0 Å². The number of amides is 1. The summed E-state index contributed by atoms with van der Waals surface area (Å²) in [6.07, 6.45) is 8.90. The summed E-state index contributed by atoms with van der Waals surface area (Å²) < 4.78 is 11.9. The van der Waals surface area contributed by atoms with Crippen molar-refractivity contribution >= 4 is 11.6 Å². The first-order valence-corrected chi connectivity index (χ1v) is 13.8. The van der Waals surface area contributed by atoms with E-state index in [-0.39, 0.29) is 18.4 Å². The highest BCUT2D eigenvalue weighted by Crippen LogP contribution is 2.43. The molecule has 2 aliphatic rings. The maximum atomic E-state index is 13.9. The molecule has 2 atom stereocenters. The van der Waals surface area contributed by atoms with Crippen molar-refractivity contribution in [1.29, 1.82) is 0 Å². The van der Waals surface area contributed by atoms with Crippen LogP contribution in [0.3, 0.4) is 0 Å². The molecule has 1 aliphatic carbocycles. The van der Waals surface area contributed by atoms with Crippen LogP contribution in [0, 0.1) is 11.8 Å². The van der Waals surface area contributed by atoms with Crippen molar-refractivity contribution in [2.24, 2.45) is 0 Å². The summed E-state index contributed by atoms with van der Waals surface area (Å²) >= 11 is 0. The molecule has 8 heteroatoms. The van der Waals surface area contributed by atoms with Crippen molar-refractivity contribution in [3.05, 3.63) is 101 Å². The van der Waals surface area contributed by atoms with Gasteiger partial charge >= 0.3 is 0 Å². The molecule has 2 N–H and O–H groups in total. The second-order valence-corrected chi connectivity index (χ2v) is 10.3. The maximum absolute atomic E-state index is 13.9. The number of nitrogens with two attached hydrogens (primary N) is 1. The molecule has 1 aromatic heterocycles. The Balaban J connectivity index is 1.56. The van der Waals surface area contributed by atoms with E-state index in [0.717, 1.165) is 34.5 Å². The highest BCUT2D eigenvalue weighted by molar-refractivity contribution is 5.85. The third kappa shape index (κ3) is 6.04. The number of carbonyl (C=O) groups is 1. The van der Waals surface area contributed by atoms with Crippen molar-refractivity contribution in [3.8, 4) is 23.3 Å². The Labute approximate surface area is 241 Å². The van der Waals surface area contributed by atoms with Crippen LogP contribution in [0.1, 0.15) is 55.1 Å². The van der Waals surface area contributed by atoms with E-state index in [0.29, 0.717) is 35.8 Å². The summed E-state index contributed by atoms with van der Waals surface area (Å²) in [6, 6.07) is 13.1. The van der Waals surface area contributed by atoms with Gasteiger partial charge in [-0.25, -0.2) is 9.97 Å². The summed E-state index contributed by atoms with van der Waals surface area (Å²) in [6.45, 7) is 4.74. The van der Waals surface area contributed by atoms with Crippen molar-refractivity contribution in [2.45, 2.75) is 51.8 Å². The lowest BCUT2D eigenvalue weighted by molar-refractivity contribution is -0.130. The number of nitrogens with zero attached hydrogens (tertiary/aromatic N) is 4. The number of allylic oxidation sites excluding steroid dienone is 4. The minimum Gasteiger partial charge on any atom is -0.493 e. The van der Waals surface area contributed by atoms with E-state index in [1.165, 1.54) is 0 Å². The molecule has 1 aliphatic heterocycles. The van der Waals surface area contributed by atoms with Gasteiger partial charge in [-0.2, -0.15) is 0 Å². The van der Waals surface area contributed by atoms with Crippen LogP contribution in [0.5, 0.6) is 11.5 Å². The van der Waals surface area contributed by atoms with E-state index >= 15 is 0 Å². The van der Waals surface area contributed by atoms with Gasteiger partial charge in [-0.05, 0) is 78.4 Å². The molecule has 210 valence electrons. The zero-order chi connectivity index (χ0) is 28.9. The molecule has 0 radical (unpaired) electrons. The van der Waals surface area contributed by atoms with Crippen LogP contribution < -0.4 is 15.2 Å². The van der Waals surface area contributed by atoms with E-state index in [4.69, 9.17) is 15.2 Å². The average molecular weight is 550 g/mol. The molecule has 2 heterocycles. The zero-order valence-electron chi connectivity index (χ0n) is 23.9. The van der Waals surface area contributed by atoms with Crippen molar-refractivity contribution in [2.75, 3.05) is 19.9 Å². The minimum absolute atomic E-state index is 0.0107. The highest BCUT2D eigenvalue weighted by Gasteiger charge is 2.37. The number of aromatic nitrogens is 2. The minimum atomic E-state index is -0.411. The number of nitrogen functional groups attached to an aromatic ring is 1. The Morgan fingerprint density at radius 1 is 1.17 bits per heavy atom. The standard InChI is InChI=1S/C33H35N5O3/c1-5-22(2)41-31-19-29-24(17-30(31)40-4)18-32(39)38(33(29)23-9-11-25(34)12-10-23)28-8-6-7-27(13-14-28)37(3)20-26-15-16-35-21-36-26/h9-17,19,21-22,33H,5,7,18,20,34H2,1-4H3/t22-,33?/m0/s1. The summed E-state index contributed by atoms with van der Waals surface area (Å²) in [5.41, 5.74) is 12.1. The first kappa shape index (κ1) is 27.8. The lowest BCUT2D eigenvalue weighted by atomic mass is 9.86. The van der Waals surface area contributed by atoms with Gasteiger partial charge in [0.1, 0.15) is 6.33 Å². The SMILES string of the molecule is CC[C@H](C)Oc1cc2c(cc1OC)CC(=O)N(C1=CC=C(N(C)Cc3ccncn3)CC#C1)C2c1ccc(N)cc1. The topological polar surface area (TPSA) is 93.8 Å². The van der Waals surface area contributed by atoms with E-state index in [1.54, 1.807) is 19.6 Å². The number of fused-ring (bicyclic) bond motifs is 1. The van der Waals surface area contributed by atoms with Gasteiger partial charge < -0.3 is 20.1 Å². The molecule has 2 aromatic carbocycles. The fourth-order valence-electron chi connectivity index (χ4n) is 5.05. The normalized spacial score (nSPS) is 16.8. The molecule has 0 saturated carbocycles. The van der Waals surface area contributed by atoms with Crippen LogP contribution in [0.15, 0.2) is 78.5 Å². The molecule has 0 bridgehead atoms. The average Bonchev–Trinajstić information content (AvgIpc) is 3.23. The van der Waals surface area contributed by atoms with E-state index in [2.05, 4.69) is 33.6 Å². The quantitative estimate of drug-likeness (QED) is 0.296. The van der Waals surface area contributed by atoms with Crippen molar-refractivity contribution in [1.82, 2.24) is 19.8 Å². The molecule has 0 fully saturated rings. The lowest BCUT2D eigenvalue weighted by Crippen LogP contribution is -2.40. The van der Waals surface area contributed by atoms with Crippen molar-refractivity contribution < 1.29 is 14.3 Å². The van der Waals surface area contributed by atoms with Gasteiger partial charge in [-0.15, -0.1) is 0 Å². The predicted octanol–water partition coefficient (Wildman–Crippen LogP) is 5.03. The van der Waals surface area contributed by atoms with E-state index in [9.17, 15) is 4.79 Å². The Morgan fingerprint density at radius 3 is 2.68 bits per heavy atom. The van der Waals surface area contributed by atoms with Crippen LogP contribution in [0.4, 0.5) is 5.69 Å². The van der Waals surface area contributed by atoms with Gasteiger partial charge in [0.2, 0.25) is 5.91 Å². The Kier molecular flexibility index (Phi) is 8.25. The number of ether oxygens (including phenoxy) is 2. The number of hydrogen-bond acceptors (Lipinski definition) is 7. The highest BCUT2D eigenvalue weighted by atomic mass is 16.5. The monoisotopic (exact) mass is 549 g/mol. The van der Waals surface area contributed by atoms with Crippen LogP contribution in [0.2, 0.25) is 0 Å². The molecule has 3 aromatic rings. The molecular weight excluding hydrogens is 514 g/mol. The number of carbonyl (C=O) groups excluding carboxylic acids is 1. The molecule has 5 rings (SSSR count). The van der Waals surface area contributed by atoms with Crippen LogP contribution in [0.25, 0.3) is 0 Å². The van der Waals surface area contributed by atoms with Gasteiger partial charge in [0.05, 0.1) is 43.6 Å². The molecular formula is C33H35N5O3. The van der Waals surface area contributed by atoms with Gasteiger partial charge in [-0.3, -0.25) is 9.69 Å². The second-order valence-electron chi connectivity index (χ2n) is 10.3.